The zero-order valence-corrected chi connectivity index (χ0v) is 17.6. The van der Waals surface area contributed by atoms with E-state index in [9.17, 15) is 4.79 Å². The number of aromatic nitrogens is 1. The molecule has 0 bridgehead atoms. The molecule has 3 heteroatoms. The predicted molar refractivity (Wildman–Crippen MR) is 115 cm³/mol. The molecule has 3 atom stereocenters. The quantitative estimate of drug-likeness (QED) is 0.550. The predicted octanol–water partition coefficient (Wildman–Crippen LogP) is 6.73. The second kappa shape index (κ2) is 9.16. The van der Waals surface area contributed by atoms with Crippen molar-refractivity contribution in [2.24, 2.45) is 11.3 Å². The van der Waals surface area contributed by atoms with E-state index in [0.717, 1.165) is 30.3 Å². The van der Waals surface area contributed by atoms with Gasteiger partial charge in [-0.1, -0.05) is 66.2 Å². The molecule has 0 saturated heterocycles. The SMILES string of the molecule is CC.CCC=CC(C)(C(C)CC)C1CC=Cc2oc(=O)c3cccnc3c21. The Kier molecular flexibility index (Phi) is 7.18. The van der Waals surface area contributed by atoms with Gasteiger partial charge in [0, 0.05) is 17.7 Å². The van der Waals surface area contributed by atoms with Crippen LogP contribution in [0.1, 0.15) is 78.0 Å². The summed E-state index contributed by atoms with van der Waals surface area (Å²) in [7, 11) is 0. The standard InChI is InChI=1S/C22H27NO2.C2H6/c1-5-7-13-22(4,15(3)6-2)17-11-8-12-18-19(17)20-16(21(24)25-18)10-9-14-23-20;1-2/h7-10,12-15,17H,5-6,11H2,1-4H3;1-2H3. The first-order valence-electron chi connectivity index (χ1n) is 10.3. The van der Waals surface area contributed by atoms with Crippen LogP contribution >= 0.6 is 0 Å². The third-order valence-corrected chi connectivity index (χ3v) is 5.88. The van der Waals surface area contributed by atoms with Crippen LogP contribution in [0.15, 0.2) is 45.8 Å². The first-order valence-corrected chi connectivity index (χ1v) is 10.3. The molecule has 0 N–H and O–H groups in total. The lowest BCUT2D eigenvalue weighted by Crippen LogP contribution is -2.32. The molecular formula is C24H33NO2. The van der Waals surface area contributed by atoms with Gasteiger partial charge >= 0.3 is 5.63 Å². The van der Waals surface area contributed by atoms with Crippen LogP contribution in [0.2, 0.25) is 0 Å². The number of hydrogen-bond donors (Lipinski definition) is 0. The molecule has 3 nitrogen and oxygen atoms in total. The van der Waals surface area contributed by atoms with Crippen LogP contribution in [0.3, 0.4) is 0 Å². The summed E-state index contributed by atoms with van der Waals surface area (Å²) < 4.78 is 5.65. The number of rotatable bonds is 5. The molecule has 0 fully saturated rings. The Hall–Kier alpha value is -2.16. The van der Waals surface area contributed by atoms with E-state index in [2.05, 4.69) is 50.9 Å². The van der Waals surface area contributed by atoms with E-state index in [1.165, 1.54) is 0 Å². The average molecular weight is 368 g/mol. The fourth-order valence-electron chi connectivity index (χ4n) is 4.00. The van der Waals surface area contributed by atoms with Crippen molar-refractivity contribution in [2.75, 3.05) is 0 Å². The number of hydrogen-bond acceptors (Lipinski definition) is 3. The highest BCUT2D eigenvalue weighted by atomic mass is 16.4. The monoisotopic (exact) mass is 367 g/mol. The molecule has 27 heavy (non-hydrogen) atoms. The lowest BCUT2D eigenvalue weighted by Gasteiger charge is -2.41. The maximum atomic E-state index is 12.3. The second-order valence-corrected chi connectivity index (χ2v) is 7.24. The maximum Gasteiger partial charge on any atom is 0.345 e. The largest absolute Gasteiger partial charge is 0.423 e. The molecule has 2 aromatic rings. The second-order valence-electron chi connectivity index (χ2n) is 7.24. The zero-order chi connectivity index (χ0) is 20.0. The fraction of sp³-hybridized carbons (Fsp3) is 0.500. The molecule has 146 valence electrons. The van der Waals surface area contributed by atoms with Crippen molar-refractivity contribution in [2.45, 2.75) is 66.7 Å². The molecule has 0 aromatic carbocycles. The first kappa shape index (κ1) is 21.1. The molecule has 2 heterocycles. The highest BCUT2D eigenvalue weighted by Gasteiger charge is 2.40. The maximum absolute atomic E-state index is 12.3. The third-order valence-electron chi connectivity index (χ3n) is 5.88. The molecule has 3 unspecified atom stereocenters. The molecule has 0 saturated carbocycles. The van der Waals surface area contributed by atoms with Gasteiger partial charge in [-0.15, -0.1) is 0 Å². The Morgan fingerprint density at radius 1 is 1.37 bits per heavy atom. The van der Waals surface area contributed by atoms with Gasteiger partial charge in [0.1, 0.15) is 5.76 Å². The van der Waals surface area contributed by atoms with Crippen molar-refractivity contribution in [1.82, 2.24) is 4.98 Å². The van der Waals surface area contributed by atoms with Crippen LogP contribution in [0.5, 0.6) is 0 Å². The Balaban J connectivity index is 0.00000126. The van der Waals surface area contributed by atoms with Crippen LogP contribution in [-0.4, -0.2) is 4.98 Å². The summed E-state index contributed by atoms with van der Waals surface area (Å²) in [6.07, 6.45) is 13.5. The fourth-order valence-corrected chi connectivity index (χ4v) is 4.00. The third kappa shape index (κ3) is 3.92. The van der Waals surface area contributed by atoms with E-state index in [4.69, 9.17) is 4.42 Å². The van der Waals surface area contributed by atoms with Gasteiger partial charge in [0.2, 0.25) is 0 Å². The Morgan fingerprint density at radius 3 is 2.78 bits per heavy atom. The molecule has 2 aromatic heterocycles. The van der Waals surface area contributed by atoms with Crippen LogP contribution in [0.25, 0.3) is 17.0 Å². The van der Waals surface area contributed by atoms with Gasteiger partial charge in [0.25, 0.3) is 0 Å². The van der Waals surface area contributed by atoms with E-state index in [1.807, 2.05) is 26.0 Å². The normalized spacial score (nSPS) is 19.3. The summed E-state index contributed by atoms with van der Waals surface area (Å²) in [5.41, 5.74) is 1.56. The highest BCUT2D eigenvalue weighted by molar-refractivity contribution is 5.83. The van der Waals surface area contributed by atoms with Gasteiger partial charge < -0.3 is 4.42 Å². The highest BCUT2D eigenvalue weighted by Crippen LogP contribution is 2.50. The van der Waals surface area contributed by atoms with Gasteiger partial charge in [-0.3, -0.25) is 4.98 Å². The molecule has 0 spiro atoms. The minimum absolute atomic E-state index is 0.0192. The first-order chi connectivity index (χ1) is 13.0. The van der Waals surface area contributed by atoms with E-state index >= 15 is 0 Å². The topological polar surface area (TPSA) is 43.1 Å². The van der Waals surface area contributed by atoms with Crippen molar-refractivity contribution in [3.63, 3.8) is 0 Å². The number of fused-ring (bicyclic) bond motifs is 3. The van der Waals surface area contributed by atoms with Crippen molar-refractivity contribution < 1.29 is 4.42 Å². The van der Waals surface area contributed by atoms with Gasteiger partial charge in [-0.05, 0) is 42.4 Å². The number of allylic oxidation sites excluding steroid dienone is 3. The number of pyridine rings is 1. The van der Waals surface area contributed by atoms with E-state index < -0.39 is 0 Å². The van der Waals surface area contributed by atoms with Crippen LogP contribution in [-0.2, 0) is 0 Å². The Morgan fingerprint density at radius 2 is 2.11 bits per heavy atom. The van der Waals surface area contributed by atoms with E-state index in [-0.39, 0.29) is 17.0 Å². The van der Waals surface area contributed by atoms with Gasteiger partial charge in [0.05, 0.1) is 10.9 Å². The summed E-state index contributed by atoms with van der Waals surface area (Å²) >= 11 is 0. The Bertz CT molecular complexity index is 878. The number of nitrogens with zero attached hydrogens (tertiary/aromatic N) is 1. The van der Waals surface area contributed by atoms with Crippen molar-refractivity contribution >= 4 is 17.0 Å². The smallest absolute Gasteiger partial charge is 0.345 e. The molecule has 0 radical (unpaired) electrons. The average Bonchev–Trinajstić information content (AvgIpc) is 2.72. The Labute approximate surface area is 163 Å². The van der Waals surface area contributed by atoms with Crippen LogP contribution in [0.4, 0.5) is 0 Å². The lowest BCUT2D eigenvalue weighted by atomic mass is 9.62. The molecule has 0 amide bonds. The van der Waals surface area contributed by atoms with Crippen molar-refractivity contribution in [3.8, 4) is 0 Å². The van der Waals surface area contributed by atoms with E-state index in [1.54, 1.807) is 12.3 Å². The van der Waals surface area contributed by atoms with Gasteiger partial charge in [-0.2, -0.15) is 0 Å². The molecule has 1 aliphatic carbocycles. The van der Waals surface area contributed by atoms with Gasteiger partial charge in [0.15, 0.2) is 0 Å². The molecular weight excluding hydrogens is 334 g/mol. The van der Waals surface area contributed by atoms with Crippen molar-refractivity contribution in [1.29, 1.82) is 0 Å². The molecule has 0 aliphatic heterocycles. The minimum atomic E-state index is -0.304. The van der Waals surface area contributed by atoms with Crippen LogP contribution in [0, 0.1) is 11.3 Å². The summed E-state index contributed by atoms with van der Waals surface area (Å²) in [6, 6.07) is 3.61. The lowest BCUT2D eigenvalue weighted by molar-refractivity contribution is 0.210. The van der Waals surface area contributed by atoms with Gasteiger partial charge in [-0.25, -0.2) is 4.79 Å². The summed E-state index contributed by atoms with van der Waals surface area (Å²) in [5, 5.41) is 0.576. The van der Waals surface area contributed by atoms with Crippen molar-refractivity contribution in [3.05, 3.63) is 58.3 Å². The zero-order valence-electron chi connectivity index (χ0n) is 17.6. The summed E-state index contributed by atoms with van der Waals surface area (Å²) in [4.78, 5) is 16.9. The van der Waals surface area contributed by atoms with E-state index in [0.29, 0.717) is 17.1 Å². The molecule has 3 rings (SSSR count). The minimum Gasteiger partial charge on any atom is -0.423 e. The van der Waals surface area contributed by atoms with Crippen LogP contribution < -0.4 is 5.63 Å². The molecule has 1 aliphatic rings. The summed E-state index contributed by atoms with van der Waals surface area (Å²) in [5.74, 6) is 1.42. The summed E-state index contributed by atoms with van der Waals surface area (Å²) in [6.45, 7) is 13.1.